The largest absolute Gasteiger partial charge is 0.224 e. The van der Waals surface area contributed by atoms with Crippen molar-refractivity contribution in [3.8, 4) is 5.82 Å². The molecule has 2 aromatic rings. The number of nitrogens with zero attached hydrogens (tertiary/aromatic N) is 4. The second kappa shape index (κ2) is 3.87. The molecule has 2 aromatic heterocycles. The summed E-state index contributed by atoms with van der Waals surface area (Å²) in [4.78, 5) is 8.17. The summed E-state index contributed by atoms with van der Waals surface area (Å²) >= 11 is 5.97. The molecule has 0 saturated heterocycles. The first-order chi connectivity index (χ1) is 7.52. The molecular formula is C11H13ClN4. The topological polar surface area (TPSA) is 43.6 Å². The lowest BCUT2D eigenvalue weighted by molar-refractivity contribution is 0.792. The van der Waals surface area contributed by atoms with E-state index in [9.17, 15) is 0 Å². The van der Waals surface area contributed by atoms with E-state index in [2.05, 4.69) is 15.1 Å². The highest BCUT2D eigenvalue weighted by Gasteiger charge is 2.13. The number of aromatic nitrogens is 4. The second-order valence-electron chi connectivity index (χ2n) is 3.82. The molecule has 0 atom stereocenters. The third-order valence-electron chi connectivity index (χ3n) is 2.85. The molecular weight excluding hydrogens is 224 g/mol. The van der Waals surface area contributed by atoms with Crippen molar-refractivity contribution in [1.82, 2.24) is 19.7 Å². The van der Waals surface area contributed by atoms with Crippen LogP contribution in [0.25, 0.3) is 5.82 Å². The molecule has 0 aliphatic carbocycles. The Balaban J connectivity index is 2.68. The molecule has 4 nitrogen and oxygen atoms in total. The Bertz CT molecular complexity index is 545. The van der Waals surface area contributed by atoms with Crippen LogP contribution in [-0.4, -0.2) is 19.7 Å². The lowest BCUT2D eigenvalue weighted by atomic mass is 10.2. The standard InChI is InChI=1S/C11H13ClN4/c1-6-8(3)15-16(9(6)4)11-7(2)10(12)13-5-14-11/h5H,1-4H3. The van der Waals surface area contributed by atoms with Crippen LogP contribution in [0.15, 0.2) is 6.33 Å². The van der Waals surface area contributed by atoms with Gasteiger partial charge in [-0.15, -0.1) is 0 Å². The van der Waals surface area contributed by atoms with Crippen molar-refractivity contribution >= 4 is 11.6 Å². The summed E-state index contributed by atoms with van der Waals surface area (Å²) in [6.45, 7) is 7.94. The maximum absolute atomic E-state index is 5.97. The zero-order valence-electron chi connectivity index (χ0n) is 9.74. The molecule has 0 amide bonds. The predicted molar refractivity (Wildman–Crippen MR) is 63.1 cm³/mol. The number of hydrogen-bond acceptors (Lipinski definition) is 3. The molecule has 0 unspecified atom stereocenters. The molecule has 0 bridgehead atoms. The third-order valence-corrected chi connectivity index (χ3v) is 3.23. The number of rotatable bonds is 1. The zero-order valence-corrected chi connectivity index (χ0v) is 10.5. The molecule has 0 radical (unpaired) electrons. The quantitative estimate of drug-likeness (QED) is 0.715. The van der Waals surface area contributed by atoms with Gasteiger partial charge in [-0.3, -0.25) is 0 Å². The van der Waals surface area contributed by atoms with E-state index in [0.29, 0.717) is 5.15 Å². The Hall–Kier alpha value is -1.42. The Morgan fingerprint density at radius 2 is 1.75 bits per heavy atom. The van der Waals surface area contributed by atoms with Crippen LogP contribution in [-0.2, 0) is 0 Å². The average Bonchev–Trinajstić information content (AvgIpc) is 2.50. The molecule has 5 heteroatoms. The van der Waals surface area contributed by atoms with Crippen LogP contribution in [0.4, 0.5) is 0 Å². The molecule has 0 aliphatic heterocycles. The van der Waals surface area contributed by atoms with Gasteiger partial charge in [0.25, 0.3) is 0 Å². The SMILES string of the molecule is Cc1nn(-c2ncnc(Cl)c2C)c(C)c1C. The monoisotopic (exact) mass is 236 g/mol. The van der Waals surface area contributed by atoms with Gasteiger partial charge in [-0.05, 0) is 33.3 Å². The summed E-state index contributed by atoms with van der Waals surface area (Å²) in [5, 5.41) is 4.92. The van der Waals surface area contributed by atoms with Crippen LogP contribution in [0.2, 0.25) is 5.15 Å². The third kappa shape index (κ3) is 1.59. The first kappa shape index (κ1) is 11.1. The normalized spacial score (nSPS) is 10.8. The number of aryl methyl sites for hydroxylation is 1. The minimum Gasteiger partial charge on any atom is -0.224 e. The van der Waals surface area contributed by atoms with Crippen LogP contribution < -0.4 is 0 Å². The number of halogens is 1. The van der Waals surface area contributed by atoms with Gasteiger partial charge < -0.3 is 0 Å². The molecule has 2 heterocycles. The van der Waals surface area contributed by atoms with Gasteiger partial charge in [0.1, 0.15) is 11.5 Å². The van der Waals surface area contributed by atoms with E-state index in [4.69, 9.17) is 11.6 Å². The van der Waals surface area contributed by atoms with Gasteiger partial charge in [-0.2, -0.15) is 5.10 Å². The minimum atomic E-state index is 0.468. The van der Waals surface area contributed by atoms with Crippen molar-refractivity contribution in [3.05, 3.63) is 34.0 Å². The zero-order chi connectivity index (χ0) is 11.9. The maximum atomic E-state index is 5.97. The Kier molecular flexibility index (Phi) is 2.68. The van der Waals surface area contributed by atoms with E-state index in [1.165, 1.54) is 11.9 Å². The molecule has 0 aliphatic rings. The fourth-order valence-corrected chi connectivity index (χ4v) is 1.69. The molecule has 84 valence electrons. The summed E-state index contributed by atoms with van der Waals surface area (Å²) < 4.78 is 1.81. The summed E-state index contributed by atoms with van der Waals surface area (Å²) in [5.74, 6) is 0.744. The maximum Gasteiger partial charge on any atom is 0.161 e. The summed E-state index contributed by atoms with van der Waals surface area (Å²) in [6, 6.07) is 0. The van der Waals surface area contributed by atoms with E-state index in [-0.39, 0.29) is 0 Å². The molecule has 2 rings (SSSR count). The van der Waals surface area contributed by atoms with Gasteiger partial charge in [0.05, 0.1) is 5.69 Å². The highest BCUT2D eigenvalue weighted by molar-refractivity contribution is 6.30. The fourth-order valence-electron chi connectivity index (χ4n) is 1.56. The van der Waals surface area contributed by atoms with Gasteiger partial charge in [0, 0.05) is 11.3 Å². The molecule has 0 fully saturated rings. The van der Waals surface area contributed by atoms with E-state index in [1.54, 1.807) is 0 Å². The molecule has 0 aromatic carbocycles. The summed E-state index contributed by atoms with van der Waals surface area (Å²) in [6.07, 6.45) is 1.45. The number of hydrogen-bond donors (Lipinski definition) is 0. The van der Waals surface area contributed by atoms with Gasteiger partial charge >= 0.3 is 0 Å². The fraction of sp³-hybridized carbons (Fsp3) is 0.364. The van der Waals surface area contributed by atoms with Crippen molar-refractivity contribution in [3.63, 3.8) is 0 Å². The minimum absolute atomic E-state index is 0.468. The lowest BCUT2D eigenvalue weighted by Gasteiger charge is -2.07. The van der Waals surface area contributed by atoms with Crippen LogP contribution >= 0.6 is 11.6 Å². The van der Waals surface area contributed by atoms with Crippen LogP contribution in [0.5, 0.6) is 0 Å². The molecule has 0 N–H and O–H groups in total. The summed E-state index contributed by atoms with van der Waals surface area (Å²) in [5.41, 5.74) is 4.10. The van der Waals surface area contributed by atoms with Crippen LogP contribution in [0.3, 0.4) is 0 Å². The van der Waals surface area contributed by atoms with Crippen LogP contribution in [0, 0.1) is 27.7 Å². The Labute approximate surface area is 99.3 Å². The first-order valence-electron chi connectivity index (χ1n) is 5.02. The molecule has 16 heavy (non-hydrogen) atoms. The van der Waals surface area contributed by atoms with Crippen molar-refractivity contribution < 1.29 is 0 Å². The van der Waals surface area contributed by atoms with E-state index < -0.39 is 0 Å². The van der Waals surface area contributed by atoms with E-state index >= 15 is 0 Å². The van der Waals surface area contributed by atoms with Gasteiger partial charge in [0.2, 0.25) is 0 Å². The van der Waals surface area contributed by atoms with E-state index in [0.717, 1.165) is 22.8 Å². The average molecular weight is 237 g/mol. The van der Waals surface area contributed by atoms with Crippen molar-refractivity contribution in [2.45, 2.75) is 27.7 Å². The van der Waals surface area contributed by atoms with Crippen molar-refractivity contribution in [1.29, 1.82) is 0 Å². The Morgan fingerprint density at radius 1 is 1.06 bits per heavy atom. The smallest absolute Gasteiger partial charge is 0.161 e. The predicted octanol–water partition coefficient (Wildman–Crippen LogP) is 2.55. The highest BCUT2D eigenvalue weighted by Crippen LogP contribution is 2.20. The first-order valence-corrected chi connectivity index (χ1v) is 5.40. The Morgan fingerprint density at radius 3 is 2.31 bits per heavy atom. The van der Waals surface area contributed by atoms with Gasteiger partial charge in [-0.25, -0.2) is 14.6 Å². The molecule has 0 saturated carbocycles. The van der Waals surface area contributed by atoms with Gasteiger partial charge in [-0.1, -0.05) is 11.6 Å². The second-order valence-corrected chi connectivity index (χ2v) is 4.18. The van der Waals surface area contributed by atoms with E-state index in [1.807, 2.05) is 32.4 Å². The van der Waals surface area contributed by atoms with Crippen LogP contribution in [0.1, 0.15) is 22.5 Å². The summed E-state index contributed by atoms with van der Waals surface area (Å²) in [7, 11) is 0. The van der Waals surface area contributed by atoms with Gasteiger partial charge in [0.15, 0.2) is 5.82 Å². The lowest BCUT2D eigenvalue weighted by Crippen LogP contribution is -2.05. The van der Waals surface area contributed by atoms with Crippen molar-refractivity contribution in [2.24, 2.45) is 0 Å². The molecule has 0 spiro atoms. The highest BCUT2D eigenvalue weighted by atomic mass is 35.5. The van der Waals surface area contributed by atoms with Crippen molar-refractivity contribution in [2.75, 3.05) is 0 Å².